The number of carbonyl (C=O) groups is 3. The molecule has 0 unspecified atom stereocenters. The number of benzene rings is 1. The summed E-state index contributed by atoms with van der Waals surface area (Å²) < 4.78 is 10.9. The van der Waals surface area contributed by atoms with Gasteiger partial charge in [-0.3, -0.25) is 9.59 Å². The number of allylic oxidation sites excluding steroid dienone is 2. The number of fused-ring (bicyclic) bond motifs is 3. The van der Waals surface area contributed by atoms with Crippen LogP contribution in [-0.2, 0) is 19.1 Å². The molecule has 2 saturated heterocycles. The van der Waals surface area contributed by atoms with Crippen molar-refractivity contribution in [1.29, 1.82) is 0 Å². The summed E-state index contributed by atoms with van der Waals surface area (Å²) in [4.78, 5) is 38.9. The summed E-state index contributed by atoms with van der Waals surface area (Å²) >= 11 is 6.29. The maximum atomic E-state index is 13.1. The molecule has 7 nitrogen and oxygen atoms in total. The van der Waals surface area contributed by atoms with Crippen LogP contribution < -0.4 is 0 Å². The van der Waals surface area contributed by atoms with Gasteiger partial charge in [-0.2, -0.15) is 4.90 Å². The van der Waals surface area contributed by atoms with Crippen LogP contribution >= 0.6 is 11.6 Å². The van der Waals surface area contributed by atoms with Crippen LogP contribution in [0, 0.1) is 23.7 Å². The Hall–Kier alpha value is -2.64. The summed E-state index contributed by atoms with van der Waals surface area (Å²) in [6.07, 6.45) is 3.84. The molecular formula is C27H32ClNO6. The number of hydrogen-bond acceptors (Lipinski definition) is 6. The number of aromatic hydroxyl groups is 1. The van der Waals surface area contributed by atoms with Crippen molar-refractivity contribution in [1.82, 2.24) is 4.90 Å². The van der Waals surface area contributed by atoms with Crippen LogP contribution in [-0.4, -0.2) is 47.7 Å². The second-order valence-electron chi connectivity index (χ2n) is 9.78. The molecule has 4 atom stereocenters. The van der Waals surface area contributed by atoms with E-state index in [0.717, 1.165) is 36.0 Å². The molecule has 0 bridgehead atoms. The van der Waals surface area contributed by atoms with E-state index in [-0.39, 0.29) is 23.7 Å². The molecule has 1 aromatic rings. The number of rotatable bonds is 6. The van der Waals surface area contributed by atoms with Gasteiger partial charge in [-0.25, -0.2) is 4.79 Å². The number of ether oxygens (including phenoxy) is 2. The van der Waals surface area contributed by atoms with Crippen molar-refractivity contribution in [3.63, 3.8) is 0 Å². The zero-order valence-corrected chi connectivity index (χ0v) is 21.3. The fraction of sp³-hybridized carbons (Fsp3) is 0.519. The van der Waals surface area contributed by atoms with Crippen molar-refractivity contribution in [2.75, 3.05) is 13.7 Å². The van der Waals surface area contributed by atoms with Gasteiger partial charge in [-0.15, -0.1) is 0 Å². The Morgan fingerprint density at radius 3 is 2.66 bits per heavy atom. The molecule has 3 amide bonds. The first-order chi connectivity index (χ1) is 16.7. The average Bonchev–Trinajstić information content (AvgIpc) is 3.35. The lowest BCUT2D eigenvalue weighted by Gasteiger charge is -2.33. The van der Waals surface area contributed by atoms with Gasteiger partial charge in [0.25, 0.3) is 0 Å². The lowest BCUT2D eigenvalue weighted by Crippen LogP contribution is -2.38. The van der Waals surface area contributed by atoms with Crippen molar-refractivity contribution < 1.29 is 29.0 Å². The van der Waals surface area contributed by atoms with Gasteiger partial charge in [0.05, 0.1) is 36.7 Å². The number of nitrogens with zero attached hydrogens (tertiary/aromatic N) is 1. The molecule has 4 rings (SSSR count). The maximum Gasteiger partial charge on any atom is 0.423 e. The standard InChI is InChI=1S/C27H32ClNO6/c1-5-15(10-16-7-8-17(30)11-21(16)28)6-9-22-23-18(14(2)3)12-19-24(20(23)13-35-22)26(32)29(25(19)31)27(33)34-4/h7-8,10-11,14,19-20,22,24,30H,5-6,9,12-13H2,1-4H3/b15-10+/t19-,20+,22-,24-/m1/s1. The third kappa shape index (κ3) is 4.64. The Morgan fingerprint density at radius 1 is 1.29 bits per heavy atom. The number of methoxy groups -OCH3 is 1. The van der Waals surface area contributed by atoms with Gasteiger partial charge in [0.2, 0.25) is 11.8 Å². The lowest BCUT2D eigenvalue weighted by molar-refractivity contribution is -0.137. The molecule has 0 saturated carbocycles. The van der Waals surface area contributed by atoms with Gasteiger partial charge in [0.1, 0.15) is 5.75 Å². The second-order valence-corrected chi connectivity index (χ2v) is 10.2. The van der Waals surface area contributed by atoms with Crippen LogP contribution in [0.15, 0.2) is 34.9 Å². The Kier molecular flexibility index (Phi) is 7.38. The van der Waals surface area contributed by atoms with E-state index in [1.807, 2.05) is 0 Å². The first-order valence-corrected chi connectivity index (χ1v) is 12.5. The minimum Gasteiger partial charge on any atom is -0.508 e. The van der Waals surface area contributed by atoms with Crippen LogP contribution in [0.2, 0.25) is 5.02 Å². The Bertz CT molecular complexity index is 1110. The average molecular weight is 502 g/mol. The van der Waals surface area contributed by atoms with E-state index in [9.17, 15) is 19.5 Å². The summed E-state index contributed by atoms with van der Waals surface area (Å²) in [5, 5.41) is 10.1. The van der Waals surface area contributed by atoms with Gasteiger partial charge in [-0.1, -0.05) is 49.6 Å². The number of halogens is 1. The zero-order chi connectivity index (χ0) is 25.4. The fourth-order valence-electron chi connectivity index (χ4n) is 5.75. The highest BCUT2D eigenvalue weighted by atomic mass is 35.5. The first kappa shape index (κ1) is 25.5. The molecule has 1 aromatic carbocycles. The second kappa shape index (κ2) is 10.2. The maximum absolute atomic E-state index is 13.1. The number of imide groups is 3. The Balaban J connectivity index is 1.58. The Morgan fingerprint density at radius 2 is 2.03 bits per heavy atom. The SMILES string of the molecule is CC/C(=C\c1ccc(O)cc1Cl)CC[C@H]1OC[C@H]2C1=C(C(C)C)C[C@H]1C(=O)N(C(=O)OC)C(=O)[C@H]12. The quantitative estimate of drug-likeness (QED) is 0.416. The molecule has 0 radical (unpaired) electrons. The molecule has 188 valence electrons. The minimum atomic E-state index is -0.914. The molecular weight excluding hydrogens is 470 g/mol. The highest BCUT2D eigenvalue weighted by Gasteiger charge is 2.59. The van der Waals surface area contributed by atoms with Crippen molar-refractivity contribution in [2.45, 2.75) is 52.6 Å². The van der Waals surface area contributed by atoms with Gasteiger partial charge in [0.15, 0.2) is 0 Å². The predicted octanol–water partition coefficient (Wildman–Crippen LogP) is 5.36. The highest BCUT2D eigenvalue weighted by Crippen LogP contribution is 2.51. The molecule has 2 aliphatic heterocycles. The predicted molar refractivity (Wildman–Crippen MR) is 132 cm³/mol. The van der Waals surface area contributed by atoms with Gasteiger partial charge in [0, 0.05) is 5.92 Å². The van der Waals surface area contributed by atoms with E-state index in [1.54, 1.807) is 12.1 Å². The van der Waals surface area contributed by atoms with E-state index in [2.05, 4.69) is 26.8 Å². The molecule has 0 aromatic heterocycles. The summed E-state index contributed by atoms with van der Waals surface area (Å²) in [7, 11) is 1.17. The smallest absolute Gasteiger partial charge is 0.423 e. The number of amides is 3. The fourth-order valence-corrected chi connectivity index (χ4v) is 5.98. The minimum absolute atomic E-state index is 0.130. The third-order valence-electron chi connectivity index (χ3n) is 7.52. The van der Waals surface area contributed by atoms with Gasteiger partial charge < -0.3 is 14.6 Å². The molecule has 3 aliphatic rings. The van der Waals surface area contributed by atoms with Gasteiger partial charge in [-0.05, 0) is 60.9 Å². The van der Waals surface area contributed by atoms with Crippen LogP contribution in [0.3, 0.4) is 0 Å². The summed E-state index contributed by atoms with van der Waals surface area (Å²) in [5.74, 6) is -1.94. The number of hydrogen-bond donors (Lipinski definition) is 1. The molecule has 2 fully saturated rings. The van der Waals surface area contributed by atoms with E-state index in [4.69, 9.17) is 21.1 Å². The highest BCUT2D eigenvalue weighted by molar-refractivity contribution is 6.32. The van der Waals surface area contributed by atoms with Crippen LogP contribution in [0.1, 0.15) is 52.0 Å². The zero-order valence-electron chi connectivity index (χ0n) is 20.5. The lowest BCUT2D eigenvalue weighted by atomic mass is 9.67. The monoisotopic (exact) mass is 501 g/mol. The van der Waals surface area contributed by atoms with Crippen molar-refractivity contribution >= 4 is 35.6 Å². The molecule has 8 heteroatoms. The van der Waals surface area contributed by atoms with Crippen LogP contribution in [0.4, 0.5) is 4.79 Å². The molecule has 35 heavy (non-hydrogen) atoms. The summed E-state index contributed by atoms with van der Waals surface area (Å²) in [6, 6.07) is 4.94. The normalized spacial score (nSPS) is 26.5. The number of carbonyl (C=O) groups excluding carboxylic acids is 3. The largest absolute Gasteiger partial charge is 0.508 e. The van der Waals surface area contributed by atoms with Gasteiger partial charge >= 0.3 is 6.09 Å². The summed E-state index contributed by atoms with van der Waals surface area (Å²) in [5.41, 5.74) is 4.35. The van der Waals surface area contributed by atoms with Crippen molar-refractivity contribution in [3.05, 3.63) is 45.5 Å². The first-order valence-electron chi connectivity index (χ1n) is 12.2. The van der Waals surface area contributed by atoms with E-state index >= 15 is 0 Å². The van der Waals surface area contributed by atoms with E-state index in [0.29, 0.717) is 23.0 Å². The summed E-state index contributed by atoms with van der Waals surface area (Å²) in [6.45, 7) is 6.64. The van der Waals surface area contributed by atoms with Crippen LogP contribution in [0.25, 0.3) is 6.08 Å². The van der Waals surface area contributed by atoms with Crippen molar-refractivity contribution in [3.8, 4) is 5.75 Å². The molecule has 2 heterocycles. The number of phenols is 1. The Labute approximate surface area is 210 Å². The van der Waals surface area contributed by atoms with Crippen molar-refractivity contribution in [2.24, 2.45) is 23.7 Å². The van der Waals surface area contributed by atoms with Crippen LogP contribution in [0.5, 0.6) is 5.75 Å². The number of phenolic OH excluding ortho intramolecular Hbond substituents is 1. The topological polar surface area (TPSA) is 93.1 Å². The third-order valence-corrected chi connectivity index (χ3v) is 7.85. The van der Waals surface area contributed by atoms with E-state index < -0.39 is 29.7 Å². The van der Waals surface area contributed by atoms with E-state index in [1.165, 1.54) is 18.7 Å². The number of likely N-dealkylation sites (tertiary alicyclic amines) is 1. The molecule has 1 N–H and O–H groups in total. The molecule has 1 aliphatic carbocycles. The molecule has 0 spiro atoms.